The van der Waals surface area contributed by atoms with E-state index in [1.807, 2.05) is 0 Å². The van der Waals surface area contributed by atoms with E-state index in [9.17, 15) is 0 Å². The third-order valence-corrected chi connectivity index (χ3v) is 5.56. The molecule has 1 saturated carbocycles. The molecule has 0 saturated heterocycles. The van der Waals surface area contributed by atoms with E-state index >= 15 is 0 Å². The lowest BCUT2D eigenvalue weighted by Gasteiger charge is -2.51. The largest absolute Gasteiger partial charge is 0.329 e. The fourth-order valence-electron chi connectivity index (χ4n) is 4.25. The van der Waals surface area contributed by atoms with Crippen molar-refractivity contribution in [1.82, 2.24) is 4.90 Å². The molecule has 2 heteroatoms. The van der Waals surface area contributed by atoms with Crippen LogP contribution < -0.4 is 5.73 Å². The van der Waals surface area contributed by atoms with Gasteiger partial charge in [-0.1, -0.05) is 57.0 Å². The molecule has 0 amide bonds. The Balaban J connectivity index is 2.07. The fraction of sp³-hybridized carbons (Fsp3) is 0.684. The van der Waals surface area contributed by atoms with E-state index in [2.05, 4.69) is 56.1 Å². The van der Waals surface area contributed by atoms with Crippen LogP contribution in [0.2, 0.25) is 0 Å². The lowest BCUT2D eigenvalue weighted by molar-refractivity contribution is 0.00406. The summed E-state index contributed by atoms with van der Waals surface area (Å²) < 4.78 is 0. The maximum absolute atomic E-state index is 6.29. The molecule has 2 unspecified atom stereocenters. The molecule has 1 aliphatic carbocycles. The molecule has 0 aromatic heterocycles. The van der Waals surface area contributed by atoms with Crippen LogP contribution in [0.4, 0.5) is 0 Å². The Morgan fingerprint density at radius 2 is 1.95 bits per heavy atom. The summed E-state index contributed by atoms with van der Waals surface area (Å²) in [7, 11) is 2.29. The molecule has 1 aliphatic rings. The molecule has 1 aromatic carbocycles. The molecule has 0 heterocycles. The van der Waals surface area contributed by atoms with E-state index in [1.54, 1.807) is 0 Å². The van der Waals surface area contributed by atoms with Crippen LogP contribution >= 0.6 is 0 Å². The SMILES string of the molecule is CC(C)C1CCCCC1(CN)N(C)CCc1ccccc1. The first kappa shape index (κ1) is 16.5. The van der Waals surface area contributed by atoms with Crippen molar-refractivity contribution in [2.45, 2.75) is 51.5 Å². The van der Waals surface area contributed by atoms with Crippen LogP contribution in [0.15, 0.2) is 30.3 Å². The smallest absolute Gasteiger partial charge is 0.0359 e. The Labute approximate surface area is 130 Å². The Morgan fingerprint density at radius 1 is 1.24 bits per heavy atom. The average Bonchev–Trinajstić information content (AvgIpc) is 2.53. The Hall–Kier alpha value is -0.860. The fourth-order valence-corrected chi connectivity index (χ4v) is 4.25. The van der Waals surface area contributed by atoms with E-state index in [-0.39, 0.29) is 5.54 Å². The predicted molar refractivity (Wildman–Crippen MR) is 91.4 cm³/mol. The summed E-state index contributed by atoms with van der Waals surface area (Å²) in [6.45, 7) is 6.63. The van der Waals surface area contributed by atoms with Crippen LogP contribution in [0.5, 0.6) is 0 Å². The number of likely N-dealkylation sites (N-methyl/N-ethyl adjacent to an activating group) is 1. The Kier molecular flexibility index (Phi) is 5.83. The van der Waals surface area contributed by atoms with Gasteiger partial charge in [-0.2, -0.15) is 0 Å². The predicted octanol–water partition coefficient (Wildman–Crippen LogP) is 3.70. The van der Waals surface area contributed by atoms with Crippen LogP contribution in [0.3, 0.4) is 0 Å². The normalized spacial score (nSPS) is 26.5. The highest BCUT2D eigenvalue weighted by Gasteiger charge is 2.43. The van der Waals surface area contributed by atoms with Crippen molar-refractivity contribution in [2.24, 2.45) is 17.6 Å². The Morgan fingerprint density at radius 3 is 2.57 bits per heavy atom. The minimum Gasteiger partial charge on any atom is -0.329 e. The lowest BCUT2D eigenvalue weighted by atomic mass is 9.67. The second kappa shape index (κ2) is 7.42. The molecule has 0 bridgehead atoms. The van der Waals surface area contributed by atoms with Crippen molar-refractivity contribution in [2.75, 3.05) is 20.1 Å². The highest BCUT2D eigenvalue weighted by Crippen LogP contribution is 2.41. The molecular formula is C19H32N2. The second-order valence-electron chi connectivity index (χ2n) is 7.06. The third-order valence-electron chi connectivity index (χ3n) is 5.56. The molecule has 2 rings (SSSR count). The molecular weight excluding hydrogens is 256 g/mol. The van der Waals surface area contributed by atoms with Crippen LogP contribution in [0.25, 0.3) is 0 Å². The third kappa shape index (κ3) is 3.67. The van der Waals surface area contributed by atoms with Crippen molar-refractivity contribution >= 4 is 0 Å². The molecule has 118 valence electrons. The zero-order chi connectivity index (χ0) is 15.3. The summed E-state index contributed by atoms with van der Waals surface area (Å²) in [5, 5.41) is 0. The molecule has 21 heavy (non-hydrogen) atoms. The van der Waals surface area contributed by atoms with Gasteiger partial charge in [0, 0.05) is 18.6 Å². The van der Waals surface area contributed by atoms with Crippen LogP contribution in [0, 0.1) is 11.8 Å². The van der Waals surface area contributed by atoms with E-state index in [0.29, 0.717) is 5.92 Å². The zero-order valence-electron chi connectivity index (χ0n) is 14.0. The average molecular weight is 288 g/mol. The highest BCUT2D eigenvalue weighted by atomic mass is 15.2. The van der Waals surface area contributed by atoms with Gasteiger partial charge in [-0.25, -0.2) is 0 Å². The summed E-state index contributed by atoms with van der Waals surface area (Å²) in [6, 6.07) is 10.8. The molecule has 0 aliphatic heterocycles. The van der Waals surface area contributed by atoms with Gasteiger partial charge in [-0.05, 0) is 43.7 Å². The van der Waals surface area contributed by atoms with Gasteiger partial charge in [-0.15, -0.1) is 0 Å². The van der Waals surface area contributed by atoms with Crippen molar-refractivity contribution in [3.63, 3.8) is 0 Å². The molecule has 2 N–H and O–H groups in total. The zero-order valence-corrected chi connectivity index (χ0v) is 14.0. The molecule has 2 nitrogen and oxygen atoms in total. The summed E-state index contributed by atoms with van der Waals surface area (Å²) in [5.74, 6) is 1.45. The molecule has 2 atom stereocenters. The van der Waals surface area contributed by atoms with Crippen molar-refractivity contribution in [1.29, 1.82) is 0 Å². The summed E-state index contributed by atoms with van der Waals surface area (Å²) in [5.41, 5.74) is 7.93. The number of hydrogen-bond acceptors (Lipinski definition) is 2. The standard InChI is InChI=1S/C19H32N2/c1-16(2)18-11-7-8-13-19(18,15-20)21(3)14-12-17-9-5-4-6-10-17/h4-6,9-10,16,18H,7-8,11-15,20H2,1-3H3. The minimum atomic E-state index is 0.210. The summed E-state index contributed by atoms with van der Waals surface area (Å²) in [6.07, 6.45) is 6.42. The number of benzene rings is 1. The van der Waals surface area contributed by atoms with Gasteiger partial charge in [0.2, 0.25) is 0 Å². The van der Waals surface area contributed by atoms with Gasteiger partial charge >= 0.3 is 0 Å². The second-order valence-corrected chi connectivity index (χ2v) is 7.06. The summed E-state index contributed by atoms with van der Waals surface area (Å²) >= 11 is 0. The van der Waals surface area contributed by atoms with Gasteiger partial charge in [0.15, 0.2) is 0 Å². The van der Waals surface area contributed by atoms with Crippen molar-refractivity contribution < 1.29 is 0 Å². The lowest BCUT2D eigenvalue weighted by Crippen LogP contribution is -2.60. The molecule has 0 spiro atoms. The quantitative estimate of drug-likeness (QED) is 0.864. The minimum absolute atomic E-state index is 0.210. The van der Waals surface area contributed by atoms with Gasteiger partial charge in [0.05, 0.1) is 0 Å². The number of hydrogen-bond donors (Lipinski definition) is 1. The monoisotopic (exact) mass is 288 g/mol. The maximum Gasteiger partial charge on any atom is 0.0359 e. The van der Waals surface area contributed by atoms with Gasteiger partial charge in [0.25, 0.3) is 0 Å². The van der Waals surface area contributed by atoms with Crippen LogP contribution in [-0.4, -0.2) is 30.6 Å². The first-order chi connectivity index (χ1) is 10.1. The van der Waals surface area contributed by atoms with Gasteiger partial charge in [-0.3, -0.25) is 4.90 Å². The first-order valence-electron chi connectivity index (χ1n) is 8.55. The molecule has 1 fully saturated rings. The number of nitrogens with zero attached hydrogens (tertiary/aromatic N) is 1. The van der Waals surface area contributed by atoms with E-state index in [1.165, 1.54) is 31.2 Å². The van der Waals surface area contributed by atoms with Gasteiger partial charge in [0.1, 0.15) is 0 Å². The Bertz CT molecular complexity index is 415. The van der Waals surface area contributed by atoms with Crippen molar-refractivity contribution in [3.05, 3.63) is 35.9 Å². The summed E-state index contributed by atoms with van der Waals surface area (Å²) in [4.78, 5) is 2.57. The van der Waals surface area contributed by atoms with E-state index in [4.69, 9.17) is 5.73 Å². The first-order valence-corrected chi connectivity index (χ1v) is 8.55. The molecule has 1 aromatic rings. The highest BCUT2D eigenvalue weighted by molar-refractivity contribution is 5.15. The number of nitrogens with two attached hydrogens (primary N) is 1. The van der Waals surface area contributed by atoms with Gasteiger partial charge < -0.3 is 5.73 Å². The van der Waals surface area contributed by atoms with Crippen LogP contribution in [0.1, 0.15) is 45.1 Å². The molecule has 0 radical (unpaired) electrons. The van der Waals surface area contributed by atoms with E-state index < -0.39 is 0 Å². The van der Waals surface area contributed by atoms with Crippen molar-refractivity contribution in [3.8, 4) is 0 Å². The maximum atomic E-state index is 6.29. The topological polar surface area (TPSA) is 29.3 Å². The van der Waals surface area contributed by atoms with Crippen LogP contribution in [-0.2, 0) is 6.42 Å². The van der Waals surface area contributed by atoms with E-state index in [0.717, 1.165) is 25.4 Å². The number of rotatable bonds is 6.